The van der Waals surface area contributed by atoms with Crippen LogP contribution in [0.2, 0.25) is 5.82 Å². The number of rotatable bonds is 2. The fraction of sp³-hybridized carbons (Fsp3) is 1.00. The third-order valence-electron chi connectivity index (χ3n) is 2.57. The van der Waals surface area contributed by atoms with Crippen molar-refractivity contribution >= 4 is 7.85 Å². The summed E-state index contributed by atoms with van der Waals surface area (Å²) in [6, 6.07) is 0. The fourth-order valence-electron chi connectivity index (χ4n) is 1.53. The summed E-state index contributed by atoms with van der Waals surface area (Å²) < 4.78 is 5.07. The summed E-state index contributed by atoms with van der Waals surface area (Å²) in [7, 11) is 5.60. The van der Waals surface area contributed by atoms with Crippen molar-refractivity contribution in [2.24, 2.45) is 5.92 Å². The van der Waals surface area contributed by atoms with Crippen LogP contribution in [-0.2, 0) is 4.74 Å². The largest absolute Gasteiger partial charge is 0.393 e. The second kappa shape index (κ2) is 3.96. The standard InChI is InChI=1S/C8H15BO4/c1-5(9)6-2-13-4-8(12,3-10)7(6)11/h5-7,10-12H,2-4H2,1H3/t5-,6?,7?,8?/m1/s1. The van der Waals surface area contributed by atoms with Crippen molar-refractivity contribution in [2.45, 2.75) is 24.4 Å². The van der Waals surface area contributed by atoms with E-state index in [9.17, 15) is 10.2 Å². The van der Waals surface area contributed by atoms with Gasteiger partial charge < -0.3 is 20.1 Å². The van der Waals surface area contributed by atoms with E-state index >= 15 is 0 Å². The Morgan fingerprint density at radius 2 is 2.31 bits per heavy atom. The molecule has 1 aliphatic heterocycles. The molecule has 1 rings (SSSR count). The Bertz CT molecular complexity index is 176. The molecule has 74 valence electrons. The molecule has 13 heavy (non-hydrogen) atoms. The zero-order chi connectivity index (χ0) is 10.1. The van der Waals surface area contributed by atoms with Crippen LogP contribution in [0.3, 0.4) is 0 Å². The minimum atomic E-state index is -1.56. The highest BCUT2D eigenvalue weighted by atomic mass is 16.5. The number of hydrogen-bond donors (Lipinski definition) is 3. The van der Waals surface area contributed by atoms with Crippen LogP contribution in [0.5, 0.6) is 0 Å². The summed E-state index contributed by atoms with van der Waals surface area (Å²) in [4.78, 5) is 0. The molecular formula is C8H15BO4. The molecule has 0 saturated carbocycles. The Hall–Kier alpha value is -0.0951. The molecule has 0 spiro atoms. The molecule has 0 bridgehead atoms. The zero-order valence-corrected chi connectivity index (χ0v) is 7.68. The first-order valence-corrected chi connectivity index (χ1v) is 4.36. The van der Waals surface area contributed by atoms with Gasteiger partial charge in [-0.15, -0.1) is 0 Å². The lowest BCUT2D eigenvalue weighted by Gasteiger charge is -2.42. The average molecular weight is 186 g/mol. The van der Waals surface area contributed by atoms with Crippen LogP contribution in [0.4, 0.5) is 0 Å². The van der Waals surface area contributed by atoms with Crippen molar-refractivity contribution in [3.05, 3.63) is 0 Å². The Morgan fingerprint density at radius 3 is 2.77 bits per heavy atom. The van der Waals surface area contributed by atoms with Crippen LogP contribution < -0.4 is 0 Å². The van der Waals surface area contributed by atoms with Gasteiger partial charge in [-0.3, -0.25) is 0 Å². The molecule has 0 aromatic carbocycles. The van der Waals surface area contributed by atoms with Crippen LogP contribution in [0.1, 0.15) is 6.92 Å². The Morgan fingerprint density at radius 1 is 1.69 bits per heavy atom. The summed E-state index contributed by atoms with van der Waals surface area (Å²) >= 11 is 0. The molecule has 1 heterocycles. The molecule has 0 aromatic heterocycles. The molecule has 1 aliphatic rings. The van der Waals surface area contributed by atoms with E-state index in [1.807, 2.05) is 0 Å². The third kappa shape index (κ3) is 2.04. The molecule has 1 fully saturated rings. The van der Waals surface area contributed by atoms with Crippen LogP contribution in [0.15, 0.2) is 0 Å². The summed E-state index contributed by atoms with van der Waals surface area (Å²) in [6.07, 6.45) is -1.02. The van der Waals surface area contributed by atoms with Crippen molar-refractivity contribution in [3.63, 3.8) is 0 Å². The van der Waals surface area contributed by atoms with Crippen molar-refractivity contribution in [1.29, 1.82) is 0 Å². The average Bonchev–Trinajstić information content (AvgIpc) is 2.09. The molecule has 3 unspecified atom stereocenters. The third-order valence-corrected chi connectivity index (χ3v) is 2.57. The second-order valence-electron chi connectivity index (χ2n) is 3.74. The van der Waals surface area contributed by atoms with Crippen LogP contribution in [-0.4, -0.2) is 54.7 Å². The highest BCUT2D eigenvalue weighted by molar-refractivity contribution is 6.11. The smallest absolute Gasteiger partial charge is 0.137 e. The minimum absolute atomic E-state index is 0.0477. The summed E-state index contributed by atoms with van der Waals surface area (Å²) in [5, 5.41) is 28.3. The molecule has 0 aliphatic carbocycles. The van der Waals surface area contributed by atoms with E-state index in [-0.39, 0.29) is 18.3 Å². The molecule has 0 aromatic rings. The summed E-state index contributed by atoms with van der Waals surface area (Å²) in [5.74, 6) is -0.598. The predicted octanol–water partition coefficient (Wildman–Crippen LogP) is -1.31. The Labute approximate surface area is 78.9 Å². The highest BCUT2D eigenvalue weighted by Crippen LogP contribution is 2.30. The number of aliphatic hydroxyl groups excluding tert-OH is 2. The molecule has 4 nitrogen and oxygen atoms in total. The second-order valence-corrected chi connectivity index (χ2v) is 3.74. The van der Waals surface area contributed by atoms with Crippen molar-refractivity contribution < 1.29 is 20.1 Å². The molecule has 3 N–H and O–H groups in total. The van der Waals surface area contributed by atoms with Crippen LogP contribution in [0.25, 0.3) is 0 Å². The monoisotopic (exact) mass is 186 g/mol. The molecular weight excluding hydrogens is 171 g/mol. The van der Waals surface area contributed by atoms with Gasteiger partial charge in [0, 0.05) is 5.92 Å². The van der Waals surface area contributed by atoms with E-state index in [2.05, 4.69) is 0 Å². The van der Waals surface area contributed by atoms with Gasteiger partial charge in [0.05, 0.1) is 33.8 Å². The molecule has 1 saturated heterocycles. The fourth-order valence-corrected chi connectivity index (χ4v) is 1.53. The maximum absolute atomic E-state index is 9.69. The Kier molecular flexibility index (Phi) is 3.35. The van der Waals surface area contributed by atoms with Gasteiger partial charge in [-0.2, -0.15) is 0 Å². The van der Waals surface area contributed by atoms with Crippen molar-refractivity contribution in [3.8, 4) is 0 Å². The lowest BCUT2D eigenvalue weighted by atomic mass is 9.71. The van der Waals surface area contributed by atoms with Crippen molar-refractivity contribution in [2.75, 3.05) is 19.8 Å². The topological polar surface area (TPSA) is 69.9 Å². The van der Waals surface area contributed by atoms with Gasteiger partial charge >= 0.3 is 0 Å². The lowest BCUT2D eigenvalue weighted by Crippen LogP contribution is -2.58. The van der Waals surface area contributed by atoms with E-state index in [1.165, 1.54) is 0 Å². The minimum Gasteiger partial charge on any atom is -0.393 e. The predicted molar refractivity (Wildman–Crippen MR) is 47.5 cm³/mol. The highest BCUT2D eigenvalue weighted by Gasteiger charge is 2.44. The Balaban J connectivity index is 2.71. The van der Waals surface area contributed by atoms with Gasteiger partial charge in [0.1, 0.15) is 5.60 Å². The molecule has 5 heteroatoms. The first-order valence-electron chi connectivity index (χ1n) is 4.36. The SMILES string of the molecule is [B][C@H](C)C1COCC(O)(CO)C1O. The maximum atomic E-state index is 9.69. The van der Waals surface area contributed by atoms with Crippen molar-refractivity contribution in [1.82, 2.24) is 0 Å². The van der Waals surface area contributed by atoms with E-state index in [4.69, 9.17) is 17.7 Å². The van der Waals surface area contributed by atoms with E-state index in [0.29, 0.717) is 6.61 Å². The van der Waals surface area contributed by atoms with E-state index in [1.54, 1.807) is 6.92 Å². The maximum Gasteiger partial charge on any atom is 0.137 e. The van der Waals surface area contributed by atoms with Gasteiger partial charge in [0.25, 0.3) is 0 Å². The molecule has 4 atom stereocenters. The first-order chi connectivity index (χ1) is 6.01. The quantitative estimate of drug-likeness (QED) is 0.468. The number of aliphatic hydroxyl groups is 3. The normalized spacial score (nSPS) is 43.1. The molecule has 2 radical (unpaired) electrons. The van der Waals surface area contributed by atoms with Gasteiger partial charge in [0.2, 0.25) is 0 Å². The van der Waals surface area contributed by atoms with Gasteiger partial charge in [-0.25, -0.2) is 0 Å². The van der Waals surface area contributed by atoms with Gasteiger partial charge in [-0.05, 0) is 0 Å². The van der Waals surface area contributed by atoms with Crippen LogP contribution in [0, 0.1) is 5.92 Å². The van der Waals surface area contributed by atoms with Gasteiger partial charge in [0.15, 0.2) is 0 Å². The first kappa shape index (κ1) is 11.0. The number of ether oxygens (including phenoxy) is 1. The summed E-state index contributed by atoms with van der Waals surface area (Å²) in [5.41, 5.74) is -1.56. The molecule has 0 amide bonds. The van der Waals surface area contributed by atoms with E-state index < -0.39 is 18.3 Å². The van der Waals surface area contributed by atoms with Crippen LogP contribution >= 0.6 is 0 Å². The summed E-state index contributed by atoms with van der Waals surface area (Å²) in [6.45, 7) is 1.49. The van der Waals surface area contributed by atoms with Gasteiger partial charge in [-0.1, -0.05) is 12.7 Å². The zero-order valence-electron chi connectivity index (χ0n) is 7.68. The lowest BCUT2D eigenvalue weighted by molar-refractivity contribution is -0.201. The number of hydrogen-bond acceptors (Lipinski definition) is 4. The van der Waals surface area contributed by atoms with E-state index in [0.717, 1.165) is 0 Å².